The second-order valence-corrected chi connectivity index (χ2v) is 2.84. The van der Waals surface area contributed by atoms with Crippen LogP contribution in [0.1, 0.15) is 20.8 Å². The lowest BCUT2D eigenvalue weighted by Crippen LogP contribution is -2.22. The fourth-order valence-corrected chi connectivity index (χ4v) is 0.343. The summed E-state index contributed by atoms with van der Waals surface area (Å²) in [7, 11) is 0. The monoisotopic (exact) mass is 171 g/mol. The highest BCUT2D eigenvalue weighted by molar-refractivity contribution is 5.81. The predicted octanol–water partition coefficient (Wildman–Crippen LogP) is 1.42. The number of rotatable bonds is 1. The van der Waals surface area contributed by atoms with E-state index in [0.717, 1.165) is 12.2 Å². The predicted molar refractivity (Wildman–Crippen MR) is 44.5 cm³/mol. The van der Waals surface area contributed by atoms with Gasteiger partial charge in [-0.05, 0) is 20.8 Å². The number of carbonyl (C=O) groups is 1. The maximum Gasteiger partial charge on any atom is 0.330 e. The van der Waals surface area contributed by atoms with E-state index in [2.05, 4.69) is 6.58 Å². The van der Waals surface area contributed by atoms with Crippen molar-refractivity contribution >= 4 is 12.0 Å². The first-order chi connectivity index (χ1) is 5.37. The molecule has 0 aromatic heterocycles. The van der Waals surface area contributed by atoms with Crippen LogP contribution >= 0.6 is 0 Å². The van der Waals surface area contributed by atoms with Crippen LogP contribution in [0.15, 0.2) is 12.7 Å². The highest BCUT2D eigenvalue weighted by atomic mass is 16.6. The summed E-state index contributed by atoms with van der Waals surface area (Å²) in [6, 6.07) is 0. The minimum Gasteiger partial charge on any atom is -0.457 e. The number of ether oxygens (including phenoxy) is 1. The second kappa shape index (κ2) is 6.31. The number of isocyanates is 1. The van der Waals surface area contributed by atoms with Crippen LogP contribution in [0.5, 0.6) is 0 Å². The van der Waals surface area contributed by atoms with E-state index < -0.39 is 5.60 Å². The van der Waals surface area contributed by atoms with Crippen molar-refractivity contribution in [1.29, 1.82) is 5.41 Å². The van der Waals surface area contributed by atoms with Gasteiger partial charge in [-0.2, -0.15) is 0 Å². The largest absolute Gasteiger partial charge is 0.457 e. The summed E-state index contributed by atoms with van der Waals surface area (Å²) in [4.78, 5) is 18.8. The van der Waals surface area contributed by atoms with Crippen molar-refractivity contribution < 1.29 is 14.3 Å². The maximum atomic E-state index is 10.5. The molecule has 0 aromatic rings. The highest BCUT2D eigenvalue weighted by Crippen LogP contribution is 2.06. The van der Waals surface area contributed by atoms with Gasteiger partial charge in [-0.25, -0.2) is 15.0 Å². The third kappa shape index (κ3) is 15.8. The van der Waals surface area contributed by atoms with Gasteiger partial charge in [-0.1, -0.05) is 6.58 Å². The van der Waals surface area contributed by atoms with Crippen molar-refractivity contribution in [2.45, 2.75) is 26.4 Å². The summed E-state index contributed by atoms with van der Waals surface area (Å²) < 4.78 is 4.83. The van der Waals surface area contributed by atoms with Crippen LogP contribution in [-0.4, -0.2) is 17.7 Å². The van der Waals surface area contributed by atoms with Gasteiger partial charge in [0.05, 0.1) is 0 Å². The summed E-state index contributed by atoms with van der Waals surface area (Å²) in [6.07, 6.45) is 1.91. The molecule has 4 heteroatoms. The van der Waals surface area contributed by atoms with Crippen LogP contribution in [0.3, 0.4) is 0 Å². The lowest BCUT2D eigenvalue weighted by Gasteiger charge is -2.17. The van der Waals surface area contributed by atoms with Gasteiger partial charge in [0.1, 0.15) is 5.60 Å². The van der Waals surface area contributed by atoms with Crippen molar-refractivity contribution in [3.63, 3.8) is 0 Å². The van der Waals surface area contributed by atoms with E-state index in [0.29, 0.717) is 0 Å². The molecule has 0 spiro atoms. The highest BCUT2D eigenvalue weighted by Gasteiger charge is 2.12. The number of hydrogen-bond acceptors (Lipinski definition) is 4. The van der Waals surface area contributed by atoms with Gasteiger partial charge in [-0.3, -0.25) is 0 Å². The smallest absolute Gasteiger partial charge is 0.330 e. The minimum atomic E-state index is -0.398. The average molecular weight is 171 g/mol. The molecule has 0 aliphatic heterocycles. The van der Waals surface area contributed by atoms with E-state index in [-0.39, 0.29) is 5.97 Å². The summed E-state index contributed by atoms with van der Waals surface area (Å²) in [6.45, 7) is 8.71. The van der Waals surface area contributed by atoms with Crippen LogP contribution in [-0.2, 0) is 14.3 Å². The zero-order valence-electron chi connectivity index (χ0n) is 7.51. The summed E-state index contributed by atoms with van der Waals surface area (Å²) in [5, 5.41) is 5.40. The van der Waals surface area contributed by atoms with E-state index >= 15 is 0 Å². The first kappa shape index (κ1) is 13.2. The molecule has 0 aliphatic rings. The van der Waals surface area contributed by atoms with E-state index in [1.165, 1.54) is 0 Å². The molecule has 0 aliphatic carbocycles. The van der Waals surface area contributed by atoms with E-state index in [9.17, 15) is 4.79 Å². The lowest BCUT2D eigenvalue weighted by atomic mass is 10.2. The van der Waals surface area contributed by atoms with Gasteiger partial charge in [0.25, 0.3) is 0 Å². The maximum absolute atomic E-state index is 10.5. The molecule has 0 rings (SSSR count). The van der Waals surface area contributed by atoms with Crippen molar-refractivity contribution in [3.8, 4) is 0 Å². The summed E-state index contributed by atoms with van der Waals surface area (Å²) >= 11 is 0. The Morgan fingerprint density at radius 1 is 1.58 bits per heavy atom. The Morgan fingerprint density at radius 2 is 1.92 bits per heavy atom. The molecule has 68 valence electrons. The first-order valence-corrected chi connectivity index (χ1v) is 3.26. The molecular weight excluding hydrogens is 158 g/mol. The van der Waals surface area contributed by atoms with Crippen LogP contribution in [0.4, 0.5) is 0 Å². The second-order valence-electron chi connectivity index (χ2n) is 2.84. The molecule has 0 aromatic carbocycles. The molecule has 0 amide bonds. The molecule has 0 saturated heterocycles. The fraction of sp³-hybridized carbons (Fsp3) is 0.500. The Labute approximate surface area is 71.7 Å². The van der Waals surface area contributed by atoms with Gasteiger partial charge >= 0.3 is 5.97 Å². The molecule has 0 fully saturated rings. The Balaban J connectivity index is 0. The van der Waals surface area contributed by atoms with Crippen LogP contribution in [0.25, 0.3) is 0 Å². The Morgan fingerprint density at radius 3 is 2.00 bits per heavy atom. The minimum absolute atomic E-state index is 0.373. The van der Waals surface area contributed by atoms with Crippen LogP contribution in [0.2, 0.25) is 0 Å². The molecule has 0 heterocycles. The molecule has 4 nitrogen and oxygen atoms in total. The van der Waals surface area contributed by atoms with Crippen molar-refractivity contribution in [2.75, 3.05) is 0 Å². The summed E-state index contributed by atoms with van der Waals surface area (Å²) in [5.41, 5.74) is -0.398. The molecule has 12 heavy (non-hydrogen) atoms. The Kier molecular flexibility index (Phi) is 6.94. The van der Waals surface area contributed by atoms with Crippen molar-refractivity contribution in [3.05, 3.63) is 12.7 Å². The normalized spacial score (nSPS) is 8.58. The molecule has 0 unspecified atom stereocenters. The number of carbonyl (C=O) groups excluding carboxylic acids is 2. The molecule has 0 radical (unpaired) electrons. The standard InChI is InChI=1S/C7H12O2.CHNO/c1-5-6(8)9-7(2,3)4;2-1-3/h5H,1H2,2-4H3;2H. The van der Waals surface area contributed by atoms with Crippen LogP contribution in [0, 0.1) is 5.41 Å². The molecule has 0 bridgehead atoms. The third-order valence-corrected chi connectivity index (χ3v) is 0.573. The van der Waals surface area contributed by atoms with E-state index in [1.54, 1.807) is 0 Å². The Hall–Kier alpha value is -1.41. The topological polar surface area (TPSA) is 67.2 Å². The van der Waals surface area contributed by atoms with Gasteiger partial charge in [0.2, 0.25) is 6.08 Å². The summed E-state index contributed by atoms with van der Waals surface area (Å²) in [5.74, 6) is -0.373. The SMILES string of the molecule is C=CC(=O)OC(C)(C)C.N=C=O. The van der Waals surface area contributed by atoms with Gasteiger partial charge in [-0.15, -0.1) is 0 Å². The van der Waals surface area contributed by atoms with E-state index in [1.807, 2.05) is 20.8 Å². The first-order valence-electron chi connectivity index (χ1n) is 3.26. The van der Waals surface area contributed by atoms with Crippen molar-refractivity contribution in [2.24, 2.45) is 0 Å². The third-order valence-electron chi connectivity index (χ3n) is 0.573. The lowest BCUT2D eigenvalue weighted by molar-refractivity contribution is -0.148. The van der Waals surface area contributed by atoms with Gasteiger partial charge in [0.15, 0.2) is 0 Å². The number of nitrogens with one attached hydrogen (secondary N) is 1. The zero-order valence-corrected chi connectivity index (χ0v) is 7.51. The molecule has 1 N–H and O–H groups in total. The molecule has 0 atom stereocenters. The van der Waals surface area contributed by atoms with E-state index in [4.69, 9.17) is 14.9 Å². The average Bonchev–Trinajstić information content (AvgIpc) is 1.86. The Bertz CT molecular complexity index is 185. The van der Waals surface area contributed by atoms with Crippen molar-refractivity contribution in [1.82, 2.24) is 0 Å². The zero-order chi connectivity index (χ0) is 10.2. The molecule has 0 saturated carbocycles. The number of hydrogen-bond donors (Lipinski definition) is 1. The van der Waals surface area contributed by atoms with Crippen LogP contribution < -0.4 is 0 Å². The van der Waals surface area contributed by atoms with Gasteiger partial charge in [0, 0.05) is 6.08 Å². The fourth-order valence-electron chi connectivity index (χ4n) is 0.343. The molecular formula is C8H13NO3. The number of esters is 1. The quantitative estimate of drug-likeness (QED) is 0.281. The van der Waals surface area contributed by atoms with Gasteiger partial charge < -0.3 is 4.74 Å².